The third-order valence-electron chi connectivity index (χ3n) is 3.68. The largest absolute Gasteiger partial charge is 0.0599 e. The number of hydrogen-bond donors (Lipinski definition) is 0. The Hall–Kier alpha value is -0.0500. The zero-order valence-corrected chi connectivity index (χ0v) is 11.8. The van der Waals surface area contributed by atoms with Crippen molar-refractivity contribution in [3.8, 4) is 0 Å². The number of benzene rings is 1. The minimum absolute atomic E-state index is 0.583. The lowest BCUT2D eigenvalue weighted by Crippen LogP contribution is -2.20. The average Bonchev–Trinajstić information content (AvgIpc) is 2.20. The summed E-state index contributed by atoms with van der Waals surface area (Å²) in [5.74, 6) is 0.815. The number of hydrogen-bond acceptors (Lipinski definition) is 0. The maximum atomic E-state index is 2.40. The van der Waals surface area contributed by atoms with E-state index in [2.05, 4.69) is 60.7 Å². The van der Waals surface area contributed by atoms with Gasteiger partial charge >= 0.3 is 0 Å². The first-order chi connectivity index (χ1) is 7.07. The summed E-state index contributed by atoms with van der Waals surface area (Å²) in [5.41, 5.74) is 2.13. The second-order valence-electron chi connectivity index (χ2n) is 5.49. The molecular weight excluding hydrogens is 295 g/mol. The van der Waals surface area contributed by atoms with Gasteiger partial charge in [0.25, 0.3) is 0 Å². The van der Waals surface area contributed by atoms with Crippen LogP contribution in [0.4, 0.5) is 0 Å². The van der Waals surface area contributed by atoms with E-state index < -0.39 is 0 Å². The van der Waals surface area contributed by atoms with Crippen LogP contribution in [0, 0.1) is 8.99 Å². The Balaban J connectivity index is 2.04. The van der Waals surface area contributed by atoms with Crippen LogP contribution < -0.4 is 0 Å². The van der Waals surface area contributed by atoms with Crippen LogP contribution in [-0.4, -0.2) is 0 Å². The van der Waals surface area contributed by atoms with Gasteiger partial charge in [0.1, 0.15) is 0 Å². The van der Waals surface area contributed by atoms with Gasteiger partial charge in [-0.15, -0.1) is 0 Å². The van der Waals surface area contributed by atoms with Crippen molar-refractivity contribution in [3.05, 3.63) is 33.4 Å². The second kappa shape index (κ2) is 4.44. The standard InChI is InChI=1S/C14H19I/c1-14(2)9-7-12(8-10-14)11-3-5-13(15)6-4-11/h3-6,12H,7-10H2,1-2H3. The molecule has 0 bridgehead atoms. The summed E-state index contributed by atoms with van der Waals surface area (Å²) in [6.45, 7) is 4.80. The van der Waals surface area contributed by atoms with E-state index in [4.69, 9.17) is 0 Å². The van der Waals surface area contributed by atoms with Gasteiger partial charge < -0.3 is 0 Å². The highest BCUT2D eigenvalue weighted by atomic mass is 127. The molecule has 0 spiro atoms. The Morgan fingerprint density at radius 1 is 1.07 bits per heavy atom. The maximum absolute atomic E-state index is 2.40. The van der Waals surface area contributed by atoms with Crippen LogP contribution in [0.2, 0.25) is 0 Å². The molecule has 0 unspecified atom stereocenters. The summed E-state index contributed by atoms with van der Waals surface area (Å²) in [6, 6.07) is 9.08. The van der Waals surface area contributed by atoms with Gasteiger partial charge in [0.15, 0.2) is 0 Å². The quantitative estimate of drug-likeness (QED) is 0.642. The molecule has 1 fully saturated rings. The molecule has 0 nitrogen and oxygen atoms in total. The van der Waals surface area contributed by atoms with Crippen molar-refractivity contribution in [1.29, 1.82) is 0 Å². The molecule has 0 aliphatic heterocycles. The minimum Gasteiger partial charge on any atom is -0.0599 e. The van der Waals surface area contributed by atoms with Gasteiger partial charge in [-0.3, -0.25) is 0 Å². The fraction of sp³-hybridized carbons (Fsp3) is 0.571. The first-order valence-corrected chi connectivity index (χ1v) is 6.90. The van der Waals surface area contributed by atoms with Crippen molar-refractivity contribution in [2.45, 2.75) is 45.4 Å². The van der Waals surface area contributed by atoms with Gasteiger partial charge in [-0.2, -0.15) is 0 Å². The summed E-state index contributed by atoms with van der Waals surface area (Å²) >= 11 is 2.37. The number of halogens is 1. The van der Waals surface area contributed by atoms with Crippen molar-refractivity contribution in [2.24, 2.45) is 5.41 Å². The Labute approximate surface area is 107 Å². The predicted octanol–water partition coefficient (Wildman–Crippen LogP) is 4.98. The molecule has 0 N–H and O–H groups in total. The Morgan fingerprint density at radius 2 is 1.60 bits per heavy atom. The van der Waals surface area contributed by atoms with E-state index in [1.807, 2.05) is 0 Å². The molecule has 0 heterocycles. The Morgan fingerprint density at radius 3 is 2.13 bits per heavy atom. The van der Waals surface area contributed by atoms with Gasteiger partial charge in [-0.25, -0.2) is 0 Å². The average molecular weight is 314 g/mol. The molecule has 1 saturated carbocycles. The lowest BCUT2D eigenvalue weighted by Gasteiger charge is -2.34. The van der Waals surface area contributed by atoms with Crippen LogP contribution in [0.5, 0.6) is 0 Å². The van der Waals surface area contributed by atoms with E-state index in [0.29, 0.717) is 5.41 Å². The van der Waals surface area contributed by atoms with Gasteiger partial charge in [-0.05, 0) is 77.3 Å². The fourth-order valence-corrected chi connectivity index (χ4v) is 2.83. The molecule has 1 aliphatic carbocycles. The van der Waals surface area contributed by atoms with E-state index in [-0.39, 0.29) is 0 Å². The molecule has 0 saturated heterocycles. The lowest BCUT2D eigenvalue weighted by atomic mass is 9.71. The molecule has 2 rings (SSSR count). The zero-order valence-electron chi connectivity index (χ0n) is 9.59. The highest BCUT2D eigenvalue weighted by Gasteiger charge is 2.27. The molecule has 82 valence electrons. The smallest absolute Gasteiger partial charge is 0.0130 e. The molecule has 1 aromatic carbocycles. The van der Waals surface area contributed by atoms with Crippen LogP contribution in [0.15, 0.2) is 24.3 Å². The van der Waals surface area contributed by atoms with E-state index in [9.17, 15) is 0 Å². The molecule has 15 heavy (non-hydrogen) atoms. The first kappa shape index (κ1) is 11.4. The predicted molar refractivity (Wildman–Crippen MR) is 74.1 cm³/mol. The molecule has 1 aliphatic rings. The van der Waals surface area contributed by atoms with Crippen LogP contribution in [0.1, 0.15) is 51.0 Å². The summed E-state index contributed by atoms with van der Waals surface area (Å²) in [4.78, 5) is 0. The van der Waals surface area contributed by atoms with Crippen molar-refractivity contribution in [1.82, 2.24) is 0 Å². The molecule has 0 atom stereocenters. The molecule has 0 amide bonds. The summed E-state index contributed by atoms with van der Waals surface area (Å²) < 4.78 is 1.34. The van der Waals surface area contributed by atoms with Gasteiger partial charge in [0.05, 0.1) is 0 Å². The normalized spacial score (nSPS) is 21.5. The van der Waals surface area contributed by atoms with E-state index in [0.717, 1.165) is 5.92 Å². The third kappa shape index (κ3) is 2.96. The molecule has 1 heteroatoms. The van der Waals surface area contributed by atoms with Crippen LogP contribution >= 0.6 is 22.6 Å². The second-order valence-corrected chi connectivity index (χ2v) is 6.74. The van der Waals surface area contributed by atoms with Crippen molar-refractivity contribution in [2.75, 3.05) is 0 Å². The first-order valence-electron chi connectivity index (χ1n) is 5.82. The minimum atomic E-state index is 0.583. The monoisotopic (exact) mass is 314 g/mol. The lowest BCUT2D eigenvalue weighted by molar-refractivity contribution is 0.224. The highest BCUT2D eigenvalue weighted by Crippen LogP contribution is 2.42. The zero-order chi connectivity index (χ0) is 10.9. The molecule has 1 aromatic rings. The summed E-state index contributed by atoms with van der Waals surface area (Å²) in [6.07, 6.45) is 5.49. The van der Waals surface area contributed by atoms with Crippen LogP contribution in [-0.2, 0) is 0 Å². The Kier molecular flexibility index (Phi) is 3.39. The number of rotatable bonds is 1. The maximum Gasteiger partial charge on any atom is 0.0130 e. The third-order valence-corrected chi connectivity index (χ3v) is 4.40. The SMILES string of the molecule is CC1(C)CCC(c2ccc(I)cc2)CC1. The molecule has 0 radical (unpaired) electrons. The summed E-state index contributed by atoms with van der Waals surface area (Å²) in [5, 5.41) is 0. The molecule has 0 aromatic heterocycles. The fourth-order valence-electron chi connectivity index (χ4n) is 2.47. The van der Waals surface area contributed by atoms with E-state index in [1.165, 1.54) is 29.3 Å². The summed E-state index contributed by atoms with van der Waals surface area (Å²) in [7, 11) is 0. The van der Waals surface area contributed by atoms with Crippen LogP contribution in [0.3, 0.4) is 0 Å². The van der Waals surface area contributed by atoms with Gasteiger partial charge in [-0.1, -0.05) is 26.0 Å². The van der Waals surface area contributed by atoms with Crippen LogP contribution in [0.25, 0.3) is 0 Å². The van der Waals surface area contributed by atoms with Crippen molar-refractivity contribution in [3.63, 3.8) is 0 Å². The van der Waals surface area contributed by atoms with E-state index in [1.54, 1.807) is 5.56 Å². The van der Waals surface area contributed by atoms with E-state index >= 15 is 0 Å². The molecular formula is C14H19I. The van der Waals surface area contributed by atoms with Gasteiger partial charge in [0, 0.05) is 3.57 Å². The highest BCUT2D eigenvalue weighted by molar-refractivity contribution is 14.1. The van der Waals surface area contributed by atoms with Crippen molar-refractivity contribution < 1.29 is 0 Å². The van der Waals surface area contributed by atoms with Gasteiger partial charge in [0.2, 0.25) is 0 Å². The Bertz CT molecular complexity index is 314. The topological polar surface area (TPSA) is 0 Å². The van der Waals surface area contributed by atoms with Crippen molar-refractivity contribution >= 4 is 22.6 Å².